The number of aryl methyl sites for hydroxylation is 1. The van der Waals surface area contributed by atoms with Gasteiger partial charge >= 0.3 is 0 Å². The molecular formula is C18H27N5O2. The molecule has 0 aromatic carbocycles. The van der Waals surface area contributed by atoms with Crippen LogP contribution >= 0.6 is 0 Å². The molecule has 136 valence electrons. The number of rotatable bonds is 3. The van der Waals surface area contributed by atoms with Gasteiger partial charge < -0.3 is 15.6 Å². The first-order valence-corrected chi connectivity index (χ1v) is 9.16. The first-order chi connectivity index (χ1) is 12.0. The smallest absolute Gasteiger partial charge is 0.159 e. The van der Waals surface area contributed by atoms with Crippen molar-refractivity contribution in [3.8, 4) is 0 Å². The van der Waals surface area contributed by atoms with Crippen LogP contribution in [0.4, 0.5) is 5.82 Å². The fourth-order valence-corrected chi connectivity index (χ4v) is 4.17. The molecule has 7 heteroatoms. The van der Waals surface area contributed by atoms with Crippen LogP contribution in [0.2, 0.25) is 0 Å². The summed E-state index contributed by atoms with van der Waals surface area (Å²) in [6.07, 6.45) is 3.72. The summed E-state index contributed by atoms with van der Waals surface area (Å²) < 4.78 is 7.14. The largest absolute Gasteiger partial charge is 0.388 e. The van der Waals surface area contributed by atoms with Gasteiger partial charge in [-0.15, -0.1) is 0 Å². The van der Waals surface area contributed by atoms with E-state index in [0.717, 1.165) is 62.0 Å². The molecule has 2 saturated heterocycles. The summed E-state index contributed by atoms with van der Waals surface area (Å²) >= 11 is 0. The number of aliphatic hydroxyl groups is 1. The lowest BCUT2D eigenvalue weighted by molar-refractivity contribution is -0.0824. The van der Waals surface area contributed by atoms with E-state index in [1.165, 1.54) is 0 Å². The maximum atomic E-state index is 10.8. The van der Waals surface area contributed by atoms with E-state index in [2.05, 4.69) is 16.1 Å². The third-order valence-electron chi connectivity index (χ3n) is 5.60. The Kier molecular flexibility index (Phi) is 4.39. The normalized spacial score (nSPS) is 24.6. The van der Waals surface area contributed by atoms with Gasteiger partial charge in [0, 0.05) is 57.8 Å². The van der Waals surface area contributed by atoms with E-state index in [-0.39, 0.29) is 0 Å². The lowest BCUT2D eigenvalue weighted by Crippen LogP contribution is -2.49. The van der Waals surface area contributed by atoms with Gasteiger partial charge in [-0.25, -0.2) is 9.67 Å². The number of hydrogen-bond donors (Lipinski definition) is 2. The Bertz CT molecular complexity index is 753. The van der Waals surface area contributed by atoms with Crippen molar-refractivity contribution >= 4 is 16.9 Å². The van der Waals surface area contributed by atoms with Crippen molar-refractivity contribution in [2.75, 3.05) is 38.6 Å². The Labute approximate surface area is 147 Å². The summed E-state index contributed by atoms with van der Waals surface area (Å²) in [4.78, 5) is 7.22. The van der Waals surface area contributed by atoms with Crippen LogP contribution in [0.1, 0.15) is 37.3 Å². The Morgan fingerprint density at radius 3 is 2.96 bits per heavy atom. The van der Waals surface area contributed by atoms with E-state index in [4.69, 9.17) is 15.5 Å². The lowest BCUT2D eigenvalue weighted by atomic mass is 9.90. The van der Waals surface area contributed by atoms with Crippen molar-refractivity contribution in [3.63, 3.8) is 0 Å². The molecule has 0 bridgehead atoms. The number of aromatic nitrogens is 3. The predicted octanol–water partition coefficient (Wildman–Crippen LogP) is 1.27. The van der Waals surface area contributed by atoms with E-state index < -0.39 is 5.60 Å². The van der Waals surface area contributed by atoms with Gasteiger partial charge in [-0.3, -0.25) is 4.90 Å². The molecule has 2 aliphatic heterocycles. The molecular weight excluding hydrogens is 318 g/mol. The van der Waals surface area contributed by atoms with Crippen molar-refractivity contribution in [2.24, 2.45) is 7.05 Å². The third-order valence-corrected chi connectivity index (χ3v) is 5.60. The van der Waals surface area contributed by atoms with Gasteiger partial charge in [0.2, 0.25) is 0 Å². The molecule has 2 aromatic rings. The molecule has 4 rings (SSSR count). The zero-order valence-corrected chi connectivity index (χ0v) is 14.8. The van der Waals surface area contributed by atoms with Gasteiger partial charge in [0.25, 0.3) is 0 Å². The molecule has 1 atom stereocenters. The molecule has 2 aliphatic rings. The number of nitrogens with two attached hydrogens (primary N) is 1. The maximum absolute atomic E-state index is 10.8. The van der Waals surface area contributed by atoms with Gasteiger partial charge in [-0.05, 0) is 31.5 Å². The molecule has 3 N–H and O–H groups in total. The monoisotopic (exact) mass is 345 g/mol. The molecule has 0 saturated carbocycles. The second-order valence-electron chi connectivity index (χ2n) is 7.53. The zero-order valence-electron chi connectivity index (χ0n) is 14.8. The molecule has 4 heterocycles. The summed E-state index contributed by atoms with van der Waals surface area (Å²) in [5.41, 5.74) is 7.26. The van der Waals surface area contributed by atoms with Gasteiger partial charge in [0.15, 0.2) is 11.5 Å². The standard InChI is InChI=1S/C18H27N5O2/c1-22-17-14(16(19)21-22)4-5-15(20-17)13-3-2-8-23(11-13)12-18(24)6-9-25-10-7-18/h4-5,13,24H,2-3,6-12H2,1H3,(H2,19,21). The number of anilines is 1. The van der Waals surface area contributed by atoms with Crippen molar-refractivity contribution in [1.82, 2.24) is 19.7 Å². The number of hydrogen-bond acceptors (Lipinski definition) is 6. The molecule has 0 aliphatic carbocycles. The van der Waals surface area contributed by atoms with Crippen LogP contribution in [0, 0.1) is 0 Å². The summed E-state index contributed by atoms with van der Waals surface area (Å²) in [5, 5.41) is 16.0. The fraction of sp³-hybridized carbons (Fsp3) is 0.667. The van der Waals surface area contributed by atoms with Crippen molar-refractivity contribution in [3.05, 3.63) is 17.8 Å². The average Bonchev–Trinajstić information content (AvgIpc) is 2.89. The quantitative estimate of drug-likeness (QED) is 0.871. The minimum atomic E-state index is -0.603. The maximum Gasteiger partial charge on any atom is 0.159 e. The number of nitrogen functional groups attached to an aromatic ring is 1. The summed E-state index contributed by atoms with van der Waals surface area (Å²) in [5.74, 6) is 0.918. The van der Waals surface area contributed by atoms with Gasteiger partial charge in [-0.2, -0.15) is 5.10 Å². The number of nitrogens with zero attached hydrogens (tertiary/aromatic N) is 4. The highest BCUT2D eigenvalue weighted by Gasteiger charge is 2.34. The van der Waals surface area contributed by atoms with Gasteiger partial charge in [0.05, 0.1) is 11.0 Å². The summed E-state index contributed by atoms with van der Waals surface area (Å²) in [6.45, 7) is 4.03. The molecule has 0 radical (unpaired) electrons. The molecule has 2 aromatic heterocycles. The molecule has 1 unspecified atom stereocenters. The van der Waals surface area contributed by atoms with Crippen LogP contribution < -0.4 is 5.73 Å². The highest BCUT2D eigenvalue weighted by molar-refractivity contribution is 5.86. The van der Waals surface area contributed by atoms with E-state index in [0.29, 0.717) is 24.9 Å². The van der Waals surface area contributed by atoms with Crippen molar-refractivity contribution < 1.29 is 9.84 Å². The number of piperidine rings is 1. The third kappa shape index (κ3) is 3.36. The first-order valence-electron chi connectivity index (χ1n) is 9.16. The highest BCUT2D eigenvalue weighted by Crippen LogP contribution is 2.30. The number of pyridine rings is 1. The minimum absolute atomic E-state index is 0.387. The average molecular weight is 345 g/mol. The second-order valence-corrected chi connectivity index (χ2v) is 7.53. The first kappa shape index (κ1) is 16.8. The van der Waals surface area contributed by atoms with Crippen molar-refractivity contribution in [1.29, 1.82) is 0 Å². The Morgan fingerprint density at radius 1 is 1.36 bits per heavy atom. The Balaban J connectivity index is 1.50. The number of β-amino-alcohol motifs (C(OH)–C–C–N with tert-alkyl or cyclic N) is 1. The highest BCUT2D eigenvalue weighted by atomic mass is 16.5. The number of likely N-dealkylation sites (tertiary alicyclic amines) is 1. The van der Waals surface area contributed by atoms with Gasteiger partial charge in [0.1, 0.15) is 0 Å². The van der Waals surface area contributed by atoms with Gasteiger partial charge in [-0.1, -0.05) is 0 Å². The van der Waals surface area contributed by atoms with Crippen LogP contribution in [0.25, 0.3) is 11.0 Å². The van der Waals surface area contributed by atoms with Crippen LogP contribution in [-0.2, 0) is 11.8 Å². The van der Waals surface area contributed by atoms with Crippen LogP contribution in [-0.4, -0.2) is 63.2 Å². The van der Waals surface area contributed by atoms with Crippen LogP contribution in [0.3, 0.4) is 0 Å². The Morgan fingerprint density at radius 2 is 2.16 bits per heavy atom. The predicted molar refractivity (Wildman–Crippen MR) is 96.3 cm³/mol. The number of ether oxygens (including phenoxy) is 1. The van der Waals surface area contributed by atoms with E-state index in [1.807, 2.05) is 13.1 Å². The SMILES string of the molecule is Cn1nc(N)c2ccc(C3CCCN(CC4(O)CCOCC4)C3)nc21. The van der Waals surface area contributed by atoms with E-state index in [9.17, 15) is 5.11 Å². The topological polar surface area (TPSA) is 89.4 Å². The van der Waals surface area contributed by atoms with Crippen molar-refractivity contribution in [2.45, 2.75) is 37.2 Å². The summed E-state index contributed by atoms with van der Waals surface area (Å²) in [7, 11) is 1.88. The summed E-state index contributed by atoms with van der Waals surface area (Å²) in [6, 6.07) is 4.11. The fourth-order valence-electron chi connectivity index (χ4n) is 4.17. The zero-order chi connectivity index (χ0) is 17.4. The minimum Gasteiger partial charge on any atom is -0.388 e. The molecule has 0 amide bonds. The van der Waals surface area contributed by atoms with E-state index >= 15 is 0 Å². The molecule has 7 nitrogen and oxygen atoms in total. The molecule has 25 heavy (non-hydrogen) atoms. The molecule has 0 spiro atoms. The number of fused-ring (bicyclic) bond motifs is 1. The second kappa shape index (κ2) is 6.55. The molecule has 2 fully saturated rings. The van der Waals surface area contributed by atoms with Crippen LogP contribution in [0.5, 0.6) is 0 Å². The lowest BCUT2D eigenvalue weighted by Gasteiger charge is -2.40. The van der Waals surface area contributed by atoms with E-state index in [1.54, 1.807) is 4.68 Å². The Hall–Kier alpha value is -1.70. The van der Waals surface area contributed by atoms with Crippen LogP contribution in [0.15, 0.2) is 12.1 Å².